The zero-order chi connectivity index (χ0) is 6.85. The van der Waals surface area contributed by atoms with Crippen molar-refractivity contribution in [3.05, 3.63) is 0 Å². The van der Waals surface area contributed by atoms with Gasteiger partial charge in [-0.15, -0.1) is 0 Å². The van der Waals surface area contributed by atoms with E-state index in [0.717, 1.165) is 24.3 Å². The van der Waals surface area contributed by atoms with Crippen LogP contribution in [0.1, 0.15) is 26.7 Å². The van der Waals surface area contributed by atoms with Gasteiger partial charge in [0.25, 0.3) is 0 Å². The van der Waals surface area contributed by atoms with Crippen molar-refractivity contribution in [1.82, 2.24) is 0 Å². The Balaban J connectivity index is 2.17. The Kier molecular flexibility index (Phi) is 2.12. The zero-order valence-corrected chi connectivity index (χ0v) is 6.43. The molecule has 3 atom stereocenters. The topological polar surface area (TPSA) is 26.0 Å². The van der Waals surface area contributed by atoms with Crippen molar-refractivity contribution in [3.63, 3.8) is 0 Å². The van der Waals surface area contributed by atoms with Crippen LogP contribution in [-0.4, -0.2) is 6.54 Å². The normalized spacial score (nSPS) is 36.3. The summed E-state index contributed by atoms with van der Waals surface area (Å²) in [6.07, 6.45) is 2.71. The standard InChI is InChI=1S/C8H17N/c1-3-6(2)8-4-7(8)5-9/h6-8H,3-5,9H2,1-2H3/t6?,7?,8-/m0/s1. The average molecular weight is 127 g/mol. The summed E-state index contributed by atoms with van der Waals surface area (Å²) in [5.74, 6) is 2.76. The molecule has 0 aliphatic heterocycles. The van der Waals surface area contributed by atoms with Gasteiger partial charge in [0.15, 0.2) is 0 Å². The summed E-state index contributed by atoms with van der Waals surface area (Å²) in [7, 11) is 0. The lowest BCUT2D eigenvalue weighted by atomic mass is 10.0. The predicted molar refractivity (Wildman–Crippen MR) is 40.1 cm³/mol. The van der Waals surface area contributed by atoms with Crippen molar-refractivity contribution in [2.24, 2.45) is 23.5 Å². The lowest BCUT2D eigenvalue weighted by Gasteiger charge is -2.04. The van der Waals surface area contributed by atoms with Gasteiger partial charge in [-0.25, -0.2) is 0 Å². The lowest BCUT2D eigenvalue weighted by molar-refractivity contribution is 0.462. The molecule has 1 saturated carbocycles. The minimum atomic E-state index is 0.875. The summed E-state index contributed by atoms with van der Waals surface area (Å²) in [6, 6.07) is 0. The van der Waals surface area contributed by atoms with Gasteiger partial charge < -0.3 is 5.73 Å². The monoisotopic (exact) mass is 127 g/mol. The lowest BCUT2D eigenvalue weighted by Crippen LogP contribution is -2.05. The van der Waals surface area contributed by atoms with Crippen LogP contribution < -0.4 is 5.73 Å². The van der Waals surface area contributed by atoms with Crippen LogP contribution in [0.15, 0.2) is 0 Å². The first-order valence-electron chi connectivity index (χ1n) is 3.99. The van der Waals surface area contributed by atoms with E-state index in [9.17, 15) is 0 Å². The van der Waals surface area contributed by atoms with E-state index in [-0.39, 0.29) is 0 Å². The van der Waals surface area contributed by atoms with E-state index in [1.54, 1.807) is 0 Å². The summed E-state index contributed by atoms with van der Waals surface area (Å²) >= 11 is 0. The molecule has 0 radical (unpaired) electrons. The average Bonchev–Trinajstić information content (AvgIpc) is 2.64. The van der Waals surface area contributed by atoms with E-state index in [1.165, 1.54) is 12.8 Å². The minimum Gasteiger partial charge on any atom is -0.330 e. The first kappa shape index (κ1) is 7.07. The molecule has 2 N–H and O–H groups in total. The second-order valence-corrected chi connectivity index (χ2v) is 3.28. The molecule has 54 valence electrons. The van der Waals surface area contributed by atoms with Gasteiger partial charge in [-0.2, -0.15) is 0 Å². The Bertz CT molecular complexity index is 90.6. The molecule has 1 aliphatic carbocycles. The molecule has 0 aromatic heterocycles. The molecule has 1 fully saturated rings. The molecule has 0 aromatic carbocycles. The first-order chi connectivity index (χ1) is 4.29. The Morgan fingerprint density at radius 1 is 1.67 bits per heavy atom. The van der Waals surface area contributed by atoms with E-state index < -0.39 is 0 Å². The summed E-state index contributed by atoms with van der Waals surface area (Å²) in [4.78, 5) is 0. The van der Waals surface area contributed by atoms with E-state index in [1.807, 2.05) is 0 Å². The fourth-order valence-corrected chi connectivity index (χ4v) is 1.54. The molecule has 0 aromatic rings. The van der Waals surface area contributed by atoms with Crippen molar-refractivity contribution in [1.29, 1.82) is 0 Å². The molecular formula is C8H17N. The fraction of sp³-hybridized carbons (Fsp3) is 1.00. The van der Waals surface area contributed by atoms with Crippen LogP contribution in [0.2, 0.25) is 0 Å². The van der Waals surface area contributed by atoms with Crippen LogP contribution in [0.4, 0.5) is 0 Å². The van der Waals surface area contributed by atoms with Crippen LogP contribution >= 0.6 is 0 Å². The molecule has 1 heteroatoms. The highest BCUT2D eigenvalue weighted by Crippen LogP contribution is 2.44. The van der Waals surface area contributed by atoms with E-state index in [0.29, 0.717) is 0 Å². The van der Waals surface area contributed by atoms with Crippen molar-refractivity contribution in [2.75, 3.05) is 6.54 Å². The summed E-state index contributed by atoms with van der Waals surface area (Å²) in [5.41, 5.74) is 5.52. The molecule has 1 aliphatic rings. The third-order valence-electron chi connectivity index (χ3n) is 2.65. The van der Waals surface area contributed by atoms with Gasteiger partial charge in [0, 0.05) is 0 Å². The van der Waals surface area contributed by atoms with Gasteiger partial charge in [-0.05, 0) is 30.7 Å². The van der Waals surface area contributed by atoms with Crippen LogP contribution in [-0.2, 0) is 0 Å². The van der Waals surface area contributed by atoms with Crippen LogP contribution in [0.25, 0.3) is 0 Å². The van der Waals surface area contributed by atoms with Gasteiger partial charge in [-0.1, -0.05) is 20.3 Å². The highest BCUT2D eigenvalue weighted by Gasteiger charge is 2.38. The Labute approximate surface area is 57.6 Å². The number of nitrogens with two attached hydrogens (primary N) is 1. The number of hydrogen-bond donors (Lipinski definition) is 1. The van der Waals surface area contributed by atoms with Crippen molar-refractivity contribution < 1.29 is 0 Å². The third-order valence-corrected chi connectivity index (χ3v) is 2.65. The molecule has 0 amide bonds. The molecule has 9 heavy (non-hydrogen) atoms. The van der Waals surface area contributed by atoms with Gasteiger partial charge in [0.05, 0.1) is 0 Å². The van der Waals surface area contributed by atoms with Crippen molar-refractivity contribution in [3.8, 4) is 0 Å². The van der Waals surface area contributed by atoms with Gasteiger partial charge in [0.1, 0.15) is 0 Å². The smallest absolute Gasteiger partial charge is 0.00460 e. The summed E-state index contributed by atoms with van der Waals surface area (Å²) < 4.78 is 0. The van der Waals surface area contributed by atoms with Crippen LogP contribution in [0.5, 0.6) is 0 Å². The Morgan fingerprint density at radius 2 is 2.33 bits per heavy atom. The van der Waals surface area contributed by atoms with Gasteiger partial charge in [0.2, 0.25) is 0 Å². The molecule has 1 rings (SSSR count). The highest BCUT2D eigenvalue weighted by molar-refractivity contribution is 4.89. The maximum Gasteiger partial charge on any atom is -0.00460 e. The maximum atomic E-state index is 5.52. The third kappa shape index (κ3) is 1.45. The van der Waals surface area contributed by atoms with Crippen molar-refractivity contribution >= 4 is 0 Å². The Morgan fingerprint density at radius 3 is 2.67 bits per heavy atom. The molecule has 0 bridgehead atoms. The maximum absolute atomic E-state index is 5.52. The number of hydrogen-bond acceptors (Lipinski definition) is 1. The summed E-state index contributed by atoms with van der Waals surface area (Å²) in [6.45, 7) is 5.51. The Hall–Kier alpha value is -0.0400. The highest BCUT2D eigenvalue weighted by atomic mass is 14.6. The largest absolute Gasteiger partial charge is 0.330 e. The quantitative estimate of drug-likeness (QED) is 0.612. The molecule has 0 saturated heterocycles. The van der Waals surface area contributed by atoms with Crippen LogP contribution in [0, 0.1) is 17.8 Å². The first-order valence-corrected chi connectivity index (χ1v) is 3.99. The molecular weight excluding hydrogens is 110 g/mol. The van der Waals surface area contributed by atoms with Gasteiger partial charge in [-0.3, -0.25) is 0 Å². The van der Waals surface area contributed by atoms with Crippen molar-refractivity contribution in [2.45, 2.75) is 26.7 Å². The van der Waals surface area contributed by atoms with Crippen LogP contribution in [0.3, 0.4) is 0 Å². The molecule has 2 unspecified atom stereocenters. The zero-order valence-electron chi connectivity index (χ0n) is 6.43. The molecule has 0 spiro atoms. The van der Waals surface area contributed by atoms with E-state index in [2.05, 4.69) is 13.8 Å². The van der Waals surface area contributed by atoms with E-state index >= 15 is 0 Å². The second kappa shape index (κ2) is 2.70. The van der Waals surface area contributed by atoms with Gasteiger partial charge >= 0.3 is 0 Å². The second-order valence-electron chi connectivity index (χ2n) is 3.28. The fourth-order valence-electron chi connectivity index (χ4n) is 1.54. The minimum absolute atomic E-state index is 0.875. The SMILES string of the molecule is CCC(C)[C@@H]1CC1CN. The van der Waals surface area contributed by atoms with E-state index in [4.69, 9.17) is 5.73 Å². The summed E-state index contributed by atoms with van der Waals surface area (Å²) in [5, 5.41) is 0. The predicted octanol–water partition coefficient (Wildman–Crippen LogP) is 1.63. The number of rotatable bonds is 3. The molecule has 1 nitrogen and oxygen atoms in total. The molecule has 0 heterocycles.